The molecule has 1 aliphatic heterocycles. The normalized spacial score (nSPS) is 14.6. The molecule has 1 fully saturated rings. The van der Waals surface area contributed by atoms with Crippen molar-refractivity contribution in [2.24, 2.45) is 0 Å². The van der Waals surface area contributed by atoms with Gasteiger partial charge in [-0.1, -0.05) is 19.1 Å². The van der Waals surface area contributed by atoms with Gasteiger partial charge in [0.05, 0.1) is 23.0 Å². The Balaban J connectivity index is 1.66. The van der Waals surface area contributed by atoms with Crippen LogP contribution in [0.1, 0.15) is 29.3 Å². The standard InChI is InChI=1S/C24H27FN6/c1-4-30-8-10-31(11-9-30)23-13-21-20(12-22(23)25)17(3)28-29-24(21)27-15-19-7-5-6-18(14-26)16(19)2/h5-7,12-13H,4,8-11,15H2,1-3H3,(H,27,29). The number of piperazine rings is 1. The molecule has 31 heavy (non-hydrogen) atoms. The van der Waals surface area contributed by atoms with Crippen molar-refractivity contribution in [3.63, 3.8) is 0 Å². The first-order valence-electron chi connectivity index (χ1n) is 10.7. The number of rotatable bonds is 5. The van der Waals surface area contributed by atoms with E-state index in [0.29, 0.717) is 29.3 Å². The Hall–Kier alpha value is -3.24. The Morgan fingerprint density at radius 1 is 1.10 bits per heavy atom. The zero-order valence-electron chi connectivity index (χ0n) is 18.2. The second-order valence-corrected chi connectivity index (χ2v) is 7.96. The molecular weight excluding hydrogens is 391 g/mol. The number of nitriles is 1. The number of aryl methyl sites for hydroxylation is 1. The molecule has 0 radical (unpaired) electrons. The van der Waals surface area contributed by atoms with Crippen LogP contribution < -0.4 is 10.2 Å². The number of aromatic nitrogens is 2. The first-order valence-corrected chi connectivity index (χ1v) is 10.7. The molecule has 0 amide bonds. The molecule has 0 spiro atoms. The fourth-order valence-electron chi connectivity index (χ4n) is 4.14. The summed E-state index contributed by atoms with van der Waals surface area (Å²) < 4.78 is 15.0. The molecule has 1 N–H and O–H groups in total. The highest BCUT2D eigenvalue weighted by atomic mass is 19.1. The summed E-state index contributed by atoms with van der Waals surface area (Å²) in [6.45, 7) is 10.9. The van der Waals surface area contributed by atoms with Crippen molar-refractivity contribution in [3.8, 4) is 6.07 Å². The smallest absolute Gasteiger partial charge is 0.156 e. The third-order valence-electron chi connectivity index (χ3n) is 6.20. The third kappa shape index (κ3) is 4.17. The fraction of sp³-hybridized carbons (Fsp3) is 0.375. The lowest BCUT2D eigenvalue weighted by Gasteiger charge is -2.35. The van der Waals surface area contributed by atoms with Gasteiger partial charge in [0.1, 0.15) is 5.82 Å². The molecule has 6 nitrogen and oxygen atoms in total. The molecule has 4 rings (SSSR count). The minimum Gasteiger partial charge on any atom is -0.367 e. The number of likely N-dealkylation sites (N-methyl/N-ethyl adjacent to an activating group) is 1. The van der Waals surface area contributed by atoms with Crippen molar-refractivity contribution < 1.29 is 4.39 Å². The lowest BCUT2D eigenvalue weighted by atomic mass is 10.0. The summed E-state index contributed by atoms with van der Waals surface area (Å²) in [6, 6.07) is 11.4. The summed E-state index contributed by atoms with van der Waals surface area (Å²) >= 11 is 0. The molecule has 2 aromatic carbocycles. The van der Waals surface area contributed by atoms with E-state index < -0.39 is 0 Å². The number of hydrogen-bond acceptors (Lipinski definition) is 6. The van der Waals surface area contributed by atoms with Gasteiger partial charge in [-0.2, -0.15) is 10.4 Å². The van der Waals surface area contributed by atoms with Gasteiger partial charge in [-0.3, -0.25) is 0 Å². The van der Waals surface area contributed by atoms with Crippen LogP contribution in [0.25, 0.3) is 10.8 Å². The zero-order chi connectivity index (χ0) is 22.0. The summed E-state index contributed by atoms with van der Waals surface area (Å²) in [7, 11) is 0. The maximum Gasteiger partial charge on any atom is 0.156 e. The number of hydrogen-bond donors (Lipinski definition) is 1. The summed E-state index contributed by atoms with van der Waals surface area (Å²) in [5, 5.41) is 22.8. The SMILES string of the molecule is CCN1CCN(c2cc3c(NCc4cccc(C#N)c4C)nnc(C)c3cc2F)CC1. The lowest BCUT2D eigenvalue weighted by Crippen LogP contribution is -2.46. The molecular formula is C24H27FN6. The number of halogens is 1. The van der Waals surface area contributed by atoms with Crippen molar-refractivity contribution in [1.29, 1.82) is 5.26 Å². The van der Waals surface area contributed by atoms with Crippen LogP contribution in [-0.2, 0) is 6.54 Å². The quantitative estimate of drug-likeness (QED) is 0.675. The minimum atomic E-state index is -0.225. The molecule has 1 aliphatic rings. The van der Waals surface area contributed by atoms with Crippen LogP contribution in [0.2, 0.25) is 0 Å². The summed E-state index contributed by atoms with van der Waals surface area (Å²) in [5.41, 5.74) is 3.94. The van der Waals surface area contributed by atoms with Crippen LogP contribution in [0.3, 0.4) is 0 Å². The second-order valence-electron chi connectivity index (χ2n) is 7.96. The van der Waals surface area contributed by atoms with Crippen LogP contribution in [0.4, 0.5) is 15.9 Å². The van der Waals surface area contributed by atoms with E-state index in [2.05, 4.69) is 38.3 Å². The molecule has 1 aromatic heterocycles. The number of benzene rings is 2. The molecule has 7 heteroatoms. The highest BCUT2D eigenvalue weighted by Crippen LogP contribution is 2.31. The summed E-state index contributed by atoms with van der Waals surface area (Å²) in [6.07, 6.45) is 0. The molecule has 1 saturated heterocycles. The minimum absolute atomic E-state index is 0.225. The third-order valence-corrected chi connectivity index (χ3v) is 6.20. The lowest BCUT2D eigenvalue weighted by molar-refractivity contribution is 0.270. The predicted octanol–water partition coefficient (Wildman–Crippen LogP) is 4.01. The average Bonchev–Trinajstić information content (AvgIpc) is 2.79. The first kappa shape index (κ1) is 21.0. The van der Waals surface area contributed by atoms with Gasteiger partial charge in [-0.05, 0) is 49.7 Å². The molecule has 0 saturated carbocycles. The van der Waals surface area contributed by atoms with E-state index in [1.807, 2.05) is 38.1 Å². The van der Waals surface area contributed by atoms with Crippen LogP contribution in [0.5, 0.6) is 0 Å². The van der Waals surface area contributed by atoms with Crippen LogP contribution in [0.15, 0.2) is 30.3 Å². The van der Waals surface area contributed by atoms with Crippen molar-refractivity contribution >= 4 is 22.3 Å². The zero-order valence-corrected chi connectivity index (χ0v) is 18.2. The topological polar surface area (TPSA) is 68.1 Å². The van der Waals surface area contributed by atoms with E-state index in [9.17, 15) is 5.26 Å². The number of nitrogens with one attached hydrogen (secondary N) is 1. The molecule has 0 bridgehead atoms. The van der Waals surface area contributed by atoms with Gasteiger partial charge in [0.15, 0.2) is 5.82 Å². The molecule has 2 heterocycles. The fourth-order valence-corrected chi connectivity index (χ4v) is 4.14. The Morgan fingerprint density at radius 2 is 1.87 bits per heavy atom. The van der Waals surface area contributed by atoms with Crippen LogP contribution >= 0.6 is 0 Å². The van der Waals surface area contributed by atoms with Crippen molar-refractivity contribution in [2.75, 3.05) is 42.9 Å². The van der Waals surface area contributed by atoms with E-state index in [0.717, 1.165) is 54.6 Å². The number of fused-ring (bicyclic) bond motifs is 1. The van der Waals surface area contributed by atoms with Gasteiger partial charge in [0.2, 0.25) is 0 Å². The van der Waals surface area contributed by atoms with Crippen LogP contribution in [-0.4, -0.2) is 47.8 Å². The van der Waals surface area contributed by atoms with E-state index in [4.69, 9.17) is 0 Å². The Morgan fingerprint density at radius 3 is 2.58 bits per heavy atom. The van der Waals surface area contributed by atoms with Gasteiger partial charge in [0, 0.05) is 43.5 Å². The number of anilines is 2. The van der Waals surface area contributed by atoms with Crippen molar-refractivity contribution in [3.05, 3.63) is 58.5 Å². The molecule has 0 aliphatic carbocycles. The Kier molecular flexibility index (Phi) is 6.01. The van der Waals surface area contributed by atoms with E-state index in [1.165, 1.54) is 0 Å². The monoisotopic (exact) mass is 418 g/mol. The van der Waals surface area contributed by atoms with Gasteiger partial charge in [-0.15, -0.1) is 5.10 Å². The van der Waals surface area contributed by atoms with E-state index >= 15 is 4.39 Å². The van der Waals surface area contributed by atoms with Crippen molar-refractivity contribution in [2.45, 2.75) is 27.3 Å². The van der Waals surface area contributed by atoms with E-state index in [1.54, 1.807) is 6.07 Å². The first-order chi connectivity index (χ1) is 15.0. The molecule has 0 atom stereocenters. The summed E-state index contributed by atoms with van der Waals surface area (Å²) in [4.78, 5) is 4.48. The largest absolute Gasteiger partial charge is 0.367 e. The average molecular weight is 419 g/mol. The molecule has 160 valence electrons. The maximum absolute atomic E-state index is 15.0. The number of nitrogens with zero attached hydrogens (tertiary/aromatic N) is 5. The maximum atomic E-state index is 15.0. The predicted molar refractivity (Wildman–Crippen MR) is 122 cm³/mol. The van der Waals surface area contributed by atoms with Gasteiger partial charge < -0.3 is 15.1 Å². The molecule has 0 unspecified atom stereocenters. The van der Waals surface area contributed by atoms with Crippen LogP contribution in [0, 0.1) is 31.0 Å². The van der Waals surface area contributed by atoms with Gasteiger partial charge in [0.25, 0.3) is 0 Å². The van der Waals surface area contributed by atoms with E-state index in [-0.39, 0.29) is 5.82 Å². The van der Waals surface area contributed by atoms with Gasteiger partial charge >= 0.3 is 0 Å². The highest BCUT2D eigenvalue weighted by molar-refractivity contribution is 5.95. The molecule has 3 aromatic rings. The van der Waals surface area contributed by atoms with Gasteiger partial charge in [-0.25, -0.2) is 4.39 Å². The van der Waals surface area contributed by atoms with Crippen molar-refractivity contribution in [1.82, 2.24) is 15.1 Å². The summed E-state index contributed by atoms with van der Waals surface area (Å²) in [5.74, 6) is 0.396. The highest BCUT2D eigenvalue weighted by Gasteiger charge is 2.20. The Bertz CT molecular complexity index is 1140. The Labute approximate surface area is 182 Å². The second kappa shape index (κ2) is 8.86.